The minimum atomic E-state index is -0.375. The molecule has 0 aliphatic heterocycles. The topological polar surface area (TPSA) is 61.7 Å². The fourth-order valence-electron chi connectivity index (χ4n) is 1.94. The van der Waals surface area contributed by atoms with Crippen LogP contribution in [0.5, 0.6) is 0 Å². The summed E-state index contributed by atoms with van der Waals surface area (Å²) in [5.41, 5.74) is 6.80. The van der Waals surface area contributed by atoms with E-state index in [9.17, 15) is 0 Å². The van der Waals surface area contributed by atoms with E-state index < -0.39 is 0 Å². The molecular formula is C12H19N5. The summed E-state index contributed by atoms with van der Waals surface area (Å²) < 4.78 is 4.18. The van der Waals surface area contributed by atoms with Gasteiger partial charge in [-0.05, 0) is 20.8 Å². The molecule has 1 unspecified atom stereocenters. The van der Waals surface area contributed by atoms with Gasteiger partial charge in [0.2, 0.25) is 0 Å². The Morgan fingerprint density at radius 2 is 2.12 bits per heavy atom. The second-order valence-corrected chi connectivity index (χ2v) is 5.02. The Balaban J connectivity index is 2.20. The fourth-order valence-corrected chi connectivity index (χ4v) is 1.94. The average molecular weight is 233 g/mol. The molecule has 0 saturated heterocycles. The Morgan fingerprint density at radius 1 is 1.35 bits per heavy atom. The molecule has 0 amide bonds. The van der Waals surface area contributed by atoms with E-state index >= 15 is 0 Å². The molecule has 92 valence electrons. The van der Waals surface area contributed by atoms with Crippen LogP contribution in [0.4, 0.5) is 0 Å². The van der Waals surface area contributed by atoms with Crippen molar-refractivity contribution < 1.29 is 0 Å². The number of nitrogens with zero attached hydrogens (tertiary/aromatic N) is 4. The van der Waals surface area contributed by atoms with Crippen molar-refractivity contribution in [3.05, 3.63) is 36.9 Å². The van der Waals surface area contributed by atoms with Gasteiger partial charge in [-0.2, -0.15) is 0 Å². The van der Waals surface area contributed by atoms with Gasteiger partial charge >= 0.3 is 0 Å². The molecule has 1 atom stereocenters. The summed E-state index contributed by atoms with van der Waals surface area (Å²) in [6.07, 6.45) is 9.24. The molecule has 2 N–H and O–H groups in total. The molecule has 5 heteroatoms. The molecular weight excluding hydrogens is 214 g/mol. The molecule has 0 bridgehead atoms. The van der Waals surface area contributed by atoms with Gasteiger partial charge in [0.05, 0.1) is 29.9 Å². The molecule has 0 aliphatic carbocycles. The van der Waals surface area contributed by atoms with Crippen LogP contribution in [0.3, 0.4) is 0 Å². The van der Waals surface area contributed by atoms with E-state index in [-0.39, 0.29) is 5.54 Å². The lowest BCUT2D eigenvalue weighted by atomic mass is 10.0. The first-order chi connectivity index (χ1) is 7.98. The second kappa shape index (κ2) is 4.33. The summed E-state index contributed by atoms with van der Waals surface area (Å²) in [6, 6.07) is 0.296. The summed E-state index contributed by atoms with van der Waals surface area (Å²) in [7, 11) is 0. The van der Waals surface area contributed by atoms with Gasteiger partial charge in [-0.1, -0.05) is 0 Å². The molecule has 0 spiro atoms. The van der Waals surface area contributed by atoms with Crippen LogP contribution >= 0.6 is 0 Å². The second-order valence-electron chi connectivity index (χ2n) is 5.02. The maximum atomic E-state index is 6.13. The highest BCUT2D eigenvalue weighted by Crippen LogP contribution is 2.21. The molecule has 0 fully saturated rings. The van der Waals surface area contributed by atoms with Crippen LogP contribution in [0.2, 0.25) is 0 Å². The molecule has 2 heterocycles. The van der Waals surface area contributed by atoms with Crippen LogP contribution in [0.25, 0.3) is 0 Å². The Morgan fingerprint density at radius 3 is 2.71 bits per heavy atom. The predicted molar refractivity (Wildman–Crippen MR) is 66.4 cm³/mol. The van der Waals surface area contributed by atoms with Crippen LogP contribution in [-0.4, -0.2) is 19.1 Å². The predicted octanol–water partition coefficient (Wildman–Crippen LogP) is 1.53. The van der Waals surface area contributed by atoms with Gasteiger partial charge in [-0.25, -0.2) is 9.97 Å². The maximum absolute atomic E-state index is 6.13. The zero-order valence-corrected chi connectivity index (χ0v) is 10.5. The van der Waals surface area contributed by atoms with Gasteiger partial charge in [-0.15, -0.1) is 0 Å². The Kier molecular flexibility index (Phi) is 3.02. The fraction of sp³-hybridized carbons (Fsp3) is 0.500. The van der Waals surface area contributed by atoms with Crippen LogP contribution in [0.1, 0.15) is 32.5 Å². The highest BCUT2D eigenvalue weighted by Gasteiger charge is 2.21. The van der Waals surface area contributed by atoms with Crippen LogP contribution in [0.15, 0.2) is 31.2 Å². The molecule has 5 nitrogen and oxygen atoms in total. The van der Waals surface area contributed by atoms with Crippen LogP contribution in [0, 0.1) is 0 Å². The molecule has 0 radical (unpaired) electrons. The summed E-state index contributed by atoms with van der Waals surface area (Å²) in [5, 5.41) is 0. The van der Waals surface area contributed by atoms with Gasteiger partial charge in [-0.3, -0.25) is 0 Å². The van der Waals surface area contributed by atoms with Gasteiger partial charge < -0.3 is 14.9 Å². The Hall–Kier alpha value is -1.62. The number of hydrogen-bond donors (Lipinski definition) is 1. The zero-order chi connectivity index (χ0) is 12.5. The molecule has 17 heavy (non-hydrogen) atoms. The van der Waals surface area contributed by atoms with Gasteiger partial charge in [0.15, 0.2) is 0 Å². The van der Waals surface area contributed by atoms with E-state index in [1.54, 1.807) is 6.20 Å². The van der Waals surface area contributed by atoms with Gasteiger partial charge in [0, 0.05) is 25.1 Å². The highest BCUT2D eigenvalue weighted by atomic mass is 15.1. The third kappa shape index (κ3) is 2.55. The number of rotatable bonds is 4. The smallest absolute Gasteiger partial charge is 0.0951 e. The summed E-state index contributed by atoms with van der Waals surface area (Å²) >= 11 is 0. The summed E-state index contributed by atoms with van der Waals surface area (Å²) in [6.45, 7) is 6.99. The van der Waals surface area contributed by atoms with Crippen molar-refractivity contribution in [3.8, 4) is 0 Å². The van der Waals surface area contributed by atoms with E-state index in [0.29, 0.717) is 6.04 Å². The largest absolute Gasteiger partial charge is 0.335 e. The van der Waals surface area contributed by atoms with Crippen LogP contribution < -0.4 is 5.73 Å². The molecule has 0 saturated carbocycles. The van der Waals surface area contributed by atoms with Crippen molar-refractivity contribution in [2.45, 2.75) is 38.9 Å². The van der Waals surface area contributed by atoms with E-state index in [0.717, 1.165) is 12.2 Å². The summed E-state index contributed by atoms with van der Waals surface area (Å²) in [5.74, 6) is 0. The highest BCUT2D eigenvalue weighted by molar-refractivity contribution is 5.10. The Labute approximate surface area is 101 Å². The molecule has 2 aromatic rings. The first-order valence-electron chi connectivity index (χ1n) is 5.75. The average Bonchev–Trinajstić information content (AvgIpc) is 2.85. The molecule has 0 aromatic carbocycles. The molecule has 2 aromatic heterocycles. The van der Waals surface area contributed by atoms with Crippen LogP contribution in [-0.2, 0) is 12.1 Å². The Bertz CT molecular complexity index is 463. The van der Waals surface area contributed by atoms with Gasteiger partial charge in [0.1, 0.15) is 0 Å². The third-order valence-electron chi connectivity index (χ3n) is 2.84. The first kappa shape index (κ1) is 11.9. The van der Waals surface area contributed by atoms with Crippen molar-refractivity contribution in [1.29, 1.82) is 0 Å². The van der Waals surface area contributed by atoms with Crippen molar-refractivity contribution in [1.82, 2.24) is 19.1 Å². The van der Waals surface area contributed by atoms with E-state index in [1.165, 1.54) is 0 Å². The minimum absolute atomic E-state index is 0.296. The summed E-state index contributed by atoms with van der Waals surface area (Å²) in [4.78, 5) is 8.24. The third-order valence-corrected chi connectivity index (χ3v) is 2.84. The lowest BCUT2D eigenvalue weighted by Crippen LogP contribution is -2.32. The van der Waals surface area contributed by atoms with Crippen molar-refractivity contribution >= 4 is 0 Å². The first-order valence-corrected chi connectivity index (χ1v) is 5.75. The van der Waals surface area contributed by atoms with Crippen molar-refractivity contribution in [2.24, 2.45) is 5.73 Å². The van der Waals surface area contributed by atoms with E-state index in [4.69, 9.17) is 5.73 Å². The number of aromatic nitrogens is 4. The lowest BCUT2D eigenvalue weighted by molar-refractivity contribution is 0.411. The van der Waals surface area contributed by atoms with E-state index in [1.807, 2.05) is 38.9 Å². The lowest BCUT2D eigenvalue weighted by Gasteiger charge is -2.24. The molecule has 0 aliphatic rings. The zero-order valence-electron chi connectivity index (χ0n) is 10.5. The monoisotopic (exact) mass is 233 g/mol. The van der Waals surface area contributed by atoms with Crippen molar-refractivity contribution in [2.75, 3.05) is 0 Å². The normalized spacial score (nSPS) is 13.9. The number of imidazole rings is 2. The minimum Gasteiger partial charge on any atom is -0.335 e. The number of nitrogens with two attached hydrogens (primary N) is 1. The quantitative estimate of drug-likeness (QED) is 0.871. The van der Waals surface area contributed by atoms with E-state index in [2.05, 4.69) is 26.0 Å². The SMILES string of the molecule is CC(Cn1ccnc1)n1cncc1C(C)(C)N. The van der Waals surface area contributed by atoms with Gasteiger partial charge in [0.25, 0.3) is 0 Å². The standard InChI is InChI=1S/C12H19N5/c1-10(7-16-5-4-14-8-16)17-9-15-6-11(17)12(2,3)13/h4-6,8-10H,7,13H2,1-3H3. The van der Waals surface area contributed by atoms with Crippen molar-refractivity contribution in [3.63, 3.8) is 0 Å². The number of hydrogen-bond acceptors (Lipinski definition) is 3. The maximum Gasteiger partial charge on any atom is 0.0951 e. The molecule has 2 rings (SSSR count).